The molecule has 21 unspecified atom stereocenters. The van der Waals surface area contributed by atoms with Gasteiger partial charge in [-0.05, 0) is 6.92 Å². The zero-order chi connectivity index (χ0) is 35.4. The Morgan fingerprint density at radius 2 is 1.27 bits per heavy atom. The van der Waals surface area contributed by atoms with E-state index in [1.54, 1.807) is 0 Å². The Morgan fingerprint density at radius 3 is 1.85 bits per heavy atom. The summed E-state index contributed by atoms with van der Waals surface area (Å²) < 4.78 is 46.5. The summed E-state index contributed by atoms with van der Waals surface area (Å²) in [6.45, 7) is 2.48. The fraction of sp³-hybridized carbons (Fsp3) is 0.964. The standard InChI is InChI=1S/C28H47NO19/c1-7-12(33)14(35)16(37)25(42-7)45-18-10(6-31)44-24(41-4)11(29-8(2)32)19(18)46-26-20(15(36)13(34)9(5-30)43-26)47-27-22(40)28(3)21(39)17(38)23(28)48-27/h7,9-27,30-31,33-40H,5-6H2,1-4H3,(H,29,32). The lowest BCUT2D eigenvalue weighted by atomic mass is 9.61. The van der Waals surface area contributed by atoms with Crippen molar-refractivity contribution in [2.24, 2.45) is 5.41 Å². The van der Waals surface area contributed by atoms with E-state index in [2.05, 4.69) is 5.32 Å². The van der Waals surface area contributed by atoms with E-state index in [0.717, 1.165) is 0 Å². The third-order valence-electron chi connectivity index (χ3n) is 10.00. The van der Waals surface area contributed by atoms with Crippen molar-refractivity contribution in [3.8, 4) is 0 Å². The molecule has 0 aromatic carbocycles. The Bertz CT molecular complexity index is 1110. The highest BCUT2D eigenvalue weighted by Crippen LogP contribution is 2.53. The van der Waals surface area contributed by atoms with Crippen molar-refractivity contribution >= 4 is 5.91 Å². The van der Waals surface area contributed by atoms with E-state index in [1.165, 1.54) is 27.9 Å². The van der Waals surface area contributed by atoms with E-state index >= 15 is 0 Å². The Morgan fingerprint density at radius 1 is 0.667 bits per heavy atom. The molecule has 0 aromatic rings. The molecule has 1 amide bonds. The number of amides is 1. The number of methoxy groups -OCH3 is 1. The lowest BCUT2D eigenvalue weighted by Gasteiger charge is -2.50. The smallest absolute Gasteiger partial charge is 0.217 e. The number of hydrogen-bond acceptors (Lipinski definition) is 19. The molecule has 0 bridgehead atoms. The zero-order valence-electron chi connectivity index (χ0n) is 26.6. The molecule has 278 valence electrons. The summed E-state index contributed by atoms with van der Waals surface area (Å²) in [5, 5.41) is 108. The maximum atomic E-state index is 12.4. The van der Waals surface area contributed by atoms with Gasteiger partial charge >= 0.3 is 0 Å². The van der Waals surface area contributed by atoms with Crippen molar-refractivity contribution < 1.29 is 93.8 Å². The third kappa shape index (κ3) is 6.50. The molecule has 20 nitrogen and oxygen atoms in total. The fourth-order valence-corrected chi connectivity index (χ4v) is 7.01. The predicted octanol–water partition coefficient (Wildman–Crippen LogP) is -6.90. The normalized spacial score (nSPS) is 54.0. The van der Waals surface area contributed by atoms with E-state index in [9.17, 15) is 55.9 Å². The van der Waals surface area contributed by atoms with E-state index in [0.29, 0.717) is 0 Å². The molecule has 0 aromatic heterocycles. The number of nitrogens with one attached hydrogen (secondary N) is 1. The van der Waals surface area contributed by atoms with Crippen LogP contribution in [0.5, 0.6) is 0 Å². The van der Waals surface area contributed by atoms with Gasteiger partial charge in [-0.25, -0.2) is 0 Å². The Labute approximate surface area is 274 Å². The second-order valence-electron chi connectivity index (χ2n) is 13.0. The van der Waals surface area contributed by atoms with Gasteiger partial charge in [0, 0.05) is 14.0 Å². The molecule has 4 heterocycles. The quantitative estimate of drug-likeness (QED) is 0.101. The Balaban J connectivity index is 1.48. The number of ether oxygens (including phenoxy) is 8. The molecule has 0 spiro atoms. The largest absolute Gasteiger partial charge is 0.394 e. The van der Waals surface area contributed by atoms with Crippen LogP contribution in [0.25, 0.3) is 0 Å². The lowest BCUT2D eigenvalue weighted by molar-refractivity contribution is -0.382. The molecule has 4 saturated heterocycles. The summed E-state index contributed by atoms with van der Waals surface area (Å²) in [6.07, 6.45) is -28.8. The molecule has 5 fully saturated rings. The van der Waals surface area contributed by atoms with Crippen LogP contribution in [0.1, 0.15) is 20.8 Å². The van der Waals surface area contributed by atoms with Crippen molar-refractivity contribution in [3.05, 3.63) is 0 Å². The van der Waals surface area contributed by atoms with Crippen LogP contribution in [0.15, 0.2) is 0 Å². The summed E-state index contributed by atoms with van der Waals surface area (Å²) in [4.78, 5) is 12.4. The molecule has 1 saturated carbocycles. The van der Waals surface area contributed by atoms with Crippen LogP contribution in [0.3, 0.4) is 0 Å². The molecule has 1 aliphatic carbocycles. The molecular formula is C28H47NO19. The van der Waals surface area contributed by atoms with Crippen LogP contribution in [0, 0.1) is 5.41 Å². The lowest BCUT2D eigenvalue weighted by Crippen LogP contribution is -2.70. The van der Waals surface area contributed by atoms with Crippen LogP contribution in [0.4, 0.5) is 0 Å². The van der Waals surface area contributed by atoms with E-state index < -0.39 is 147 Å². The van der Waals surface area contributed by atoms with Gasteiger partial charge in [0.1, 0.15) is 79.3 Å². The van der Waals surface area contributed by atoms with Gasteiger partial charge in [-0.15, -0.1) is 0 Å². The number of fused-ring (bicyclic) bond motifs is 1. The molecule has 5 aliphatic rings. The monoisotopic (exact) mass is 701 g/mol. The first kappa shape index (κ1) is 38.0. The van der Waals surface area contributed by atoms with Crippen molar-refractivity contribution in [1.29, 1.82) is 0 Å². The Hall–Kier alpha value is -1.25. The van der Waals surface area contributed by atoms with E-state index in [4.69, 9.17) is 37.9 Å². The molecule has 0 radical (unpaired) electrons. The first-order valence-electron chi connectivity index (χ1n) is 15.6. The van der Waals surface area contributed by atoms with Crippen LogP contribution in [-0.4, -0.2) is 200 Å². The maximum Gasteiger partial charge on any atom is 0.217 e. The number of carbonyl (C=O) groups is 1. The minimum absolute atomic E-state index is 0.606. The fourth-order valence-electron chi connectivity index (χ4n) is 7.01. The SMILES string of the molecule is COC1OC(CO)C(OC2OC(C)C(O)C(O)C2O)C(OC2OC(CO)C(O)C(O)C2OC2OC3C(O)C(O)C3(C)C2O)C1NC(C)=O. The second kappa shape index (κ2) is 14.8. The molecule has 5 rings (SSSR count). The molecule has 21 atom stereocenters. The van der Waals surface area contributed by atoms with Crippen molar-refractivity contribution in [3.63, 3.8) is 0 Å². The highest BCUT2D eigenvalue weighted by molar-refractivity contribution is 5.73. The van der Waals surface area contributed by atoms with Crippen LogP contribution in [0.2, 0.25) is 0 Å². The van der Waals surface area contributed by atoms with Gasteiger partial charge in [-0.1, -0.05) is 6.92 Å². The Kier molecular flexibility index (Phi) is 11.7. The van der Waals surface area contributed by atoms with Crippen LogP contribution < -0.4 is 5.32 Å². The van der Waals surface area contributed by atoms with Gasteiger partial charge in [0.25, 0.3) is 0 Å². The second-order valence-corrected chi connectivity index (χ2v) is 13.0. The number of aliphatic hydroxyl groups is 10. The maximum absolute atomic E-state index is 12.4. The minimum Gasteiger partial charge on any atom is -0.394 e. The number of carbonyl (C=O) groups excluding carboxylic acids is 1. The molecular weight excluding hydrogens is 654 g/mol. The third-order valence-corrected chi connectivity index (χ3v) is 10.00. The zero-order valence-corrected chi connectivity index (χ0v) is 26.6. The summed E-state index contributed by atoms with van der Waals surface area (Å²) in [7, 11) is 1.24. The van der Waals surface area contributed by atoms with Gasteiger partial charge in [0.05, 0.1) is 36.9 Å². The first-order valence-corrected chi connectivity index (χ1v) is 15.6. The molecule has 20 heteroatoms. The highest BCUT2D eigenvalue weighted by Gasteiger charge is 2.70. The van der Waals surface area contributed by atoms with Gasteiger partial charge in [-0.2, -0.15) is 0 Å². The topological polar surface area (TPSA) is 305 Å². The first-order chi connectivity index (χ1) is 22.6. The highest BCUT2D eigenvalue weighted by atomic mass is 16.8. The van der Waals surface area contributed by atoms with Gasteiger partial charge in [-0.3, -0.25) is 4.79 Å². The van der Waals surface area contributed by atoms with Crippen molar-refractivity contribution in [2.45, 2.75) is 144 Å². The number of aliphatic hydroxyl groups excluding tert-OH is 10. The van der Waals surface area contributed by atoms with Gasteiger partial charge < -0.3 is 94.3 Å². The number of rotatable bonds is 10. The van der Waals surface area contributed by atoms with Crippen molar-refractivity contribution in [2.75, 3.05) is 20.3 Å². The average molecular weight is 702 g/mol. The molecule has 48 heavy (non-hydrogen) atoms. The van der Waals surface area contributed by atoms with E-state index in [1.807, 2.05) is 0 Å². The minimum atomic E-state index is -1.87. The summed E-state index contributed by atoms with van der Waals surface area (Å²) in [6, 6.07) is -1.29. The summed E-state index contributed by atoms with van der Waals surface area (Å²) in [5.74, 6) is -0.606. The summed E-state index contributed by atoms with van der Waals surface area (Å²) in [5.41, 5.74) is -1.35. The van der Waals surface area contributed by atoms with E-state index in [-0.39, 0.29) is 0 Å². The van der Waals surface area contributed by atoms with Gasteiger partial charge in [0.15, 0.2) is 25.2 Å². The molecule has 11 N–H and O–H groups in total. The predicted molar refractivity (Wildman–Crippen MR) is 150 cm³/mol. The number of hydrogen-bond donors (Lipinski definition) is 11. The summed E-state index contributed by atoms with van der Waals surface area (Å²) >= 11 is 0. The van der Waals surface area contributed by atoms with Crippen LogP contribution in [-0.2, 0) is 42.7 Å². The van der Waals surface area contributed by atoms with Crippen LogP contribution >= 0.6 is 0 Å². The molecule has 4 aliphatic heterocycles. The van der Waals surface area contributed by atoms with Crippen molar-refractivity contribution in [1.82, 2.24) is 5.32 Å². The van der Waals surface area contributed by atoms with Gasteiger partial charge in [0.2, 0.25) is 5.91 Å². The average Bonchev–Trinajstić information content (AvgIpc) is 3.29.